The fourth-order valence-corrected chi connectivity index (χ4v) is 2.18. The normalized spacial score (nSPS) is 11.2. The van der Waals surface area contributed by atoms with Gasteiger partial charge in [-0.05, 0) is 68.7 Å². The van der Waals surface area contributed by atoms with Gasteiger partial charge >= 0.3 is 0 Å². The summed E-state index contributed by atoms with van der Waals surface area (Å²) in [6.45, 7) is 7.74. The molecule has 114 valence electrons. The molecule has 0 fully saturated rings. The molecule has 22 heavy (non-hydrogen) atoms. The molecule has 2 rings (SSSR count). The summed E-state index contributed by atoms with van der Waals surface area (Å²) in [6, 6.07) is 13.7. The fourth-order valence-electron chi connectivity index (χ4n) is 2.18. The van der Waals surface area contributed by atoms with E-state index in [1.165, 1.54) is 6.26 Å². The SMILES string of the molecule is CC(=COc1cccc(C)c1)C(=O)Nc1cc(C)cc(C)c1. The van der Waals surface area contributed by atoms with Crippen molar-refractivity contribution >= 4 is 11.6 Å². The average Bonchev–Trinajstić information content (AvgIpc) is 2.43. The van der Waals surface area contributed by atoms with Crippen molar-refractivity contribution in [3.8, 4) is 5.75 Å². The highest BCUT2D eigenvalue weighted by atomic mass is 16.5. The van der Waals surface area contributed by atoms with Crippen molar-refractivity contribution in [3.05, 3.63) is 71.0 Å². The number of amides is 1. The minimum atomic E-state index is -0.169. The van der Waals surface area contributed by atoms with Crippen molar-refractivity contribution in [2.75, 3.05) is 5.32 Å². The minimum absolute atomic E-state index is 0.169. The number of carbonyl (C=O) groups excluding carboxylic acids is 1. The van der Waals surface area contributed by atoms with Gasteiger partial charge in [-0.25, -0.2) is 0 Å². The van der Waals surface area contributed by atoms with Gasteiger partial charge < -0.3 is 10.1 Å². The van der Waals surface area contributed by atoms with Gasteiger partial charge in [0.25, 0.3) is 5.91 Å². The van der Waals surface area contributed by atoms with Crippen LogP contribution in [0.15, 0.2) is 54.3 Å². The number of rotatable bonds is 4. The topological polar surface area (TPSA) is 38.3 Å². The quantitative estimate of drug-likeness (QED) is 0.664. The molecule has 0 radical (unpaired) electrons. The van der Waals surface area contributed by atoms with Gasteiger partial charge in [0.15, 0.2) is 0 Å². The largest absolute Gasteiger partial charge is 0.465 e. The maximum atomic E-state index is 12.2. The summed E-state index contributed by atoms with van der Waals surface area (Å²) < 4.78 is 5.53. The number of hydrogen-bond acceptors (Lipinski definition) is 2. The Balaban J connectivity index is 2.03. The number of hydrogen-bond donors (Lipinski definition) is 1. The fraction of sp³-hybridized carbons (Fsp3) is 0.211. The highest BCUT2D eigenvalue weighted by molar-refractivity contribution is 6.03. The van der Waals surface area contributed by atoms with Crippen molar-refractivity contribution in [3.63, 3.8) is 0 Å². The van der Waals surface area contributed by atoms with Crippen LogP contribution in [-0.2, 0) is 4.79 Å². The molecule has 3 nitrogen and oxygen atoms in total. The molecule has 0 saturated heterocycles. The van der Waals surface area contributed by atoms with E-state index in [1.54, 1.807) is 6.92 Å². The molecule has 0 aromatic heterocycles. The maximum absolute atomic E-state index is 12.2. The van der Waals surface area contributed by atoms with Crippen molar-refractivity contribution in [2.45, 2.75) is 27.7 Å². The number of nitrogens with one attached hydrogen (secondary N) is 1. The first-order valence-corrected chi connectivity index (χ1v) is 7.24. The van der Waals surface area contributed by atoms with Gasteiger partial charge in [0, 0.05) is 11.3 Å². The predicted molar refractivity (Wildman–Crippen MR) is 90.1 cm³/mol. The van der Waals surface area contributed by atoms with Crippen LogP contribution in [0.2, 0.25) is 0 Å². The second-order valence-electron chi connectivity index (χ2n) is 5.57. The lowest BCUT2D eigenvalue weighted by Gasteiger charge is -2.08. The van der Waals surface area contributed by atoms with Gasteiger partial charge in [0.05, 0.1) is 6.26 Å². The van der Waals surface area contributed by atoms with Gasteiger partial charge in [0.1, 0.15) is 5.75 Å². The van der Waals surface area contributed by atoms with Crippen LogP contribution in [0.25, 0.3) is 0 Å². The van der Waals surface area contributed by atoms with Crippen molar-refractivity contribution in [2.24, 2.45) is 0 Å². The lowest BCUT2D eigenvalue weighted by molar-refractivity contribution is -0.112. The van der Waals surface area contributed by atoms with Crippen LogP contribution >= 0.6 is 0 Å². The Kier molecular flexibility index (Phi) is 4.99. The Bertz CT molecular complexity index is 697. The number of benzene rings is 2. The molecule has 0 heterocycles. The van der Waals surface area contributed by atoms with E-state index in [1.807, 2.05) is 57.2 Å². The number of anilines is 1. The van der Waals surface area contributed by atoms with E-state index in [4.69, 9.17) is 4.74 Å². The molecule has 0 atom stereocenters. The van der Waals surface area contributed by atoms with Crippen molar-refractivity contribution < 1.29 is 9.53 Å². The minimum Gasteiger partial charge on any atom is -0.465 e. The first-order chi connectivity index (χ1) is 10.4. The van der Waals surface area contributed by atoms with E-state index in [0.29, 0.717) is 5.57 Å². The van der Waals surface area contributed by atoms with Gasteiger partial charge in [-0.15, -0.1) is 0 Å². The van der Waals surface area contributed by atoms with E-state index < -0.39 is 0 Å². The van der Waals surface area contributed by atoms with Crippen molar-refractivity contribution in [1.29, 1.82) is 0 Å². The van der Waals surface area contributed by atoms with Crippen LogP contribution in [-0.4, -0.2) is 5.91 Å². The number of aryl methyl sites for hydroxylation is 3. The molecule has 0 unspecified atom stereocenters. The maximum Gasteiger partial charge on any atom is 0.254 e. The molecule has 0 aliphatic heterocycles. The molecule has 2 aromatic carbocycles. The molecule has 2 aromatic rings. The molecular weight excluding hydrogens is 274 g/mol. The van der Waals surface area contributed by atoms with E-state index in [-0.39, 0.29) is 5.91 Å². The third-order valence-electron chi connectivity index (χ3n) is 3.20. The molecule has 3 heteroatoms. The number of carbonyl (C=O) groups is 1. The van der Waals surface area contributed by atoms with Gasteiger partial charge in [-0.2, -0.15) is 0 Å². The summed E-state index contributed by atoms with van der Waals surface area (Å²) in [6.07, 6.45) is 1.48. The van der Waals surface area contributed by atoms with E-state index in [2.05, 4.69) is 11.4 Å². The van der Waals surface area contributed by atoms with Crippen LogP contribution in [0.1, 0.15) is 23.6 Å². The third kappa shape index (κ3) is 4.48. The van der Waals surface area contributed by atoms with Crippen LogP contribution in [0, 0.1) is 20.8 Å². The second kappa shape index (κ2) is 6.94. The molecule has 0 saturated carbocycles. The Labute approximate surface area is 131 Å². The lowest BCUT2D eigenvalue weighted by atomic mass is 10.1. The van der Waals surface area contributed by atoms with E-state index >= 15 is 0 Å². The summed E-state index contributed by atoms with van der Waals surface area (Å²) >= 11 is 0. The Morgan fingerprint density at radius 1 is 1.00 bits per heavy atom. The van der Waals surface area contributed by atoms with Crippen LogP contribution < -0.4 is 10.1 Å². The van der Waals surface area contributed by atoms with Gasteiger partial charge in [0.2, 0.25) is 0 Å². The third-order valence-corrected chi connectivity index (χ3v) is 3.20. The molecule has 0 aliphatic carbocycles. The first-order valence-electron chi connectivity index (χ1n) is 7.24. The van der Waals surface area contributed by atoms with Gasteiger partial charge in [-0.3, -0.25) is 4.79 Å². The second-order valence-corrected chi connectivity index (χ2v) is 5.57. The summed E-state index contributed by atoms with van der Waals surface area (Å²) in [7, 11) is 0. The zero-order chi connectivity index (χ0) is 16.1. The summed E-state index contributed by atoms with van der Waals surface area (Å²) in [5, 5.41) is 2.88. The Morgan fingerprint density at radius 2 is 1.68 bits per heavy atom. The molecule has 0 aliphatic rings. The van der Waals surface area contributed by atoms with Crippen LogP contribution in [0.4, 0.5) is 5.69 Å². The Hall–Kier alpha value is -2.55. The van der Waals surface area contributed by atoms with E-state index in [0.717, 1.165) is 28.1 Å². The summed E-state index contributed by atoms with van der Waals surface area (Å²) in [4.78, 5) is 12.2. The summed E-state index contributed by atoms with van der Waals surface area (Å²) in [5.74, 6) is 0.552. The molecular formula is C19H21NO2. The smallest absolute Gasteiger partial charge is 0.254 e. The average molecular weight is 295 g/mol. The number of ether oxygens (including phenoxy) is 1. The monoisotopic (exact) mass is 295 g/mol. The molecule has 1 amide bonds. The molecule has 0 bridgehead atoms. The zero-order valence-electron chi connectivity index (χ0n) is 13.4. The standard InChI is InChI=1S/C19H21NO2/c1-13-6-5-7-18(11-13)22-12-16(4)19(21)20-17-9-14(2)8-15(3)10-17/h5-12H,1-4H3,(H,20,21). The zero-order valence-corrected chi connectivity index (χ0v) is 13.4. The van der Waals surface area contributed by atoms with E-state index in [9.17, 15) is 4.79 Å². The lowest BCUT2D eigenvalue weighted by Crippen LogP contribution is -2.13. The predicted octanol–water partition coefficient (Wildman–Crippen LogP) is 4.53. The summed E-state index contributed by atoms with van der Waals surface area (Å²) in [5.41, 5.74) is 4.66. The van der Waals surface area contributed by atoms with Crippen LogP contribution in [0.3, 0.4) is 0 Å². The van der Waals surface area contributed by atoms with Gasteiger partial charge in [-0.1, -0.05) is 18.2 Å². The first kappa shape index (κ1) is 15.8. The van der Waals surface area contributed by atoms with Crippen molar-refractivity contribution in [1.82, 2.24) is 0 Å². The highest BCUT2D eigenvalue weighted by Gasteiger charge is 2.06. The molecule has 1 N–H and O–H groups in total. The van der Waals surface area contributed by atoms with Crippen LogP contribution in [0.5, 0.6) is 5.75 Å². The highest BCUT2D eigenvalue weighted by Crippen LogP contribution is 2.16. The Morgan fingerprint density at radius 3 is 2.32 bits per heavy atom. The molecule has 0 spiro atoms.